The standard InChI is InChI=1S/C25H23ClN4O5/c1-33-17-4-3-5-18(34-2)22(17)30-19(12-14-6-7-14)27-23(31)21(25(30)32)24-29-28-20(35-24)13-15-8-10-16(26)11-9-15/h3-5,8-11,14,32H,6-7,12-13H2,1-2H3. The molecule has 4 aromatic rings. The summed E-state index contributed by atoms with van der Waals surface area (Å²) in [5.41, 5.74) is 0.500. The van der Waals surface area contributed by atoms with Crippen molar-refractivity contribution in [2.24, 2.45) is 5.92 Å². The number of hydrogen-bond acceptors (Lipinski definition) is 8. The van der Waals surface area contributed by atoms with E-state index in [2.05, 4.69) is 15.2 Å². The summed E-state index contributed by atoms with van der Waals surface area (Å²) in [6.07, 6.45) is 2.95. The van der Waals surface area contributed by atoms with E-state index in [1.165, 1.54) is 18.8 Å². The number of nitrogens with zero attached hydrogens (tertiary/aromatic N) is 4. The van der Waals surface area contributed by atoms with E-state index < -0.39 is 5.56 Å². The fourth-order valence-corrected chi connectivity index (χ4v) is 4.07. The predicted octanol–water partition coefficient (Wildman–Crippen LogP) is 4.20. The molecule has 0 spiro atoms. The Balaban J connectivity index is 1.63. The Morgan fingerprint density at radius 3 is 2.40 bits per heavy atom. The second kappa shape index (κ2) is 9.42. The minimum atomic E-state index is -0.648. The maximum absolute atomic E-state index is 13.1. The summed E-state index contributed by atoms with van der Waals surface area (Å²) < 4.78 is 18.4. The van der Waals surface area contributed by atoms with Gasteiger partial charge in [0.15, 0.2) is 5.56 Å². The average Bonchev–Trinajstić information content (AvgIpc) is 3.56. The highest BCUT2D eigenvalue weighted by Gasteiger charge is 2.30. The smallest absolute Gasteiger partial charge is 0.289 e. The molecule has 35 heavy (non-hydrogen) atoms. The molecule has 1 aliphatic carbocycles. The Morgan fingerprint density at radius 2 is 1.77 bits per heavy atom. The topological polar surface area (TPSA) is 113 Å². The van der Waals surface area contributed by atoms with Gasteiger partial charge in [0, 0.05) is 11.4 Å². The van der Waals surface area contributed by atoms with Crippen molar-refractivity contribution in [3.63, 3.8) is 0 Å². The summed E-state index contributed by atoms with van der Waals surface area (Å²) in [7, 11) is 3.04. The number of hydrogen-bond donors (Lipinski definition) is 1. The highest BCUT2D eigenvalue weighted by Crippen LogP contribution is 2.40. The third-order valence-electron chi connectivity index (χ3n) is 5.88. The van der Waals surface area contributed by atoms with Gasteiger partial charge in [-0.3, -0.25) is 9.36 Å². The Hall–Kier alpha value is -3.85. The van der Waals surface area contributed by atoms with Crippen LogP contribution >= 0.6 is 11.6 Å². The highest BCUT2D eigenvalue weighted by atomic mass is 35.5. The second-order valence-electron chi connectivity index (χ2n) is 8.33. The first-order valence-corrected chi connectivity index (χ1v) is 11.5. The molecule has 1 N–H and O–H groups in total. The number of methoxy groups -OCH3 is 2. The maximum Gasteiger partial charge on any atom is 0.289 e. The van der Waals surface area contributed by atoms with Crippen LogP contribution in [0, 0.1) is 5.92 Å². The van der Waals surface area contributed by atoms with Crippen molar-refractivity contribution in [1.29, 1.82) is 0 Å². The molecule has 180 valence electrons. The van der Waals surface area contributed by atoms with Crippen molar-refractivity contribution in [2.45, 2.75) is 25.7 Å². The molecule has 0 saturated heterocycles. The number of rotatable bonds is 8. The van der Waals surface area contributed by atoms with Crippen LogP contribution in [0.4, 0.5) is 0 Å². The van der Waals surface area contributed by atoms with E-state index in [0.717, 1.165) is 18.4 Å². The highest BCUT2D eigenvalue weighted by molar-refractivity contribution is 6.30. The molecule has 0 atom stereocenters. The van der Waals surface area contributed by atoms with E-state index in [1.54, 1.807) is 30.3 Å². The van der Waals surface area contributed by atoms with Crippen LogP contribution in [0.25, 0.3) is 17.1 Å². The van der Waals surface area contributed by atoms with Crippen molar-refractivity contribution in [1.82, 2.24) is 19.7 Å². The lowest BCUT2D eigenvalue weighted by atomic mass is 10.1. The summed E-state index contributed by atoms with van der Waals surface area (Å²) >= 11 is 5.95. The van der Waals surface area contributed by atoms with Crippen LogP contribution in [0.5, 0.6) is 17.4 Å². The van der Waals surface area contributed by atoms with E-state index >= 15 is 0 Å². The van der Waals surface area contributed by atoms with E-state index in [4.69, 9.17) is 25.5 Å². The number of aromatic hydroxyl groups is 1. The first-order chi connectivity index (χ1) is 17.0. The van der Waals surface area contributed by atoms with Crippen molar-refractivity contribution < 1.29 is 19.0 Å². The average molecular weight is 495 g/mol. The Bertz CT molecular complexity index is 1400. The first kappa shape index (κ1) is 22.9. The molecule has 2 heterocycles. The Morgan fingerprint density at radius 1 is 1.09 bits per heavy atom. The van der Waals surface area contributed by atoms with E-state index in [9.17, 15) is 9.90 Å². The number of halogens is 1. The molecule has 9 nitrogen and oxygen atoms in total. The third kappa shape index (κ3) is 4.59. The van der Waals surface area contributed by atoms with E-state index in [1.807, 2.05) is 12.1 Å². The van der Waals surface area contributed by atoms with Gasteiger partial charge in [-0.15, -0.1) is 10.2 Å². The van der Waals surface area contributed by atoms with Crippen molar-refractivity contribution in [3.05, 3.63) is 75.1 Å². The quantitative estimate of drug-likeness (QED) is 0.388. The van der Waals surface area contributed by atoms with Crippen LogP contribution in [-0.2, 0) is 12.8 Å². The van der Waals surface area contributed by atoms with Gasteiger partial charge in [-0.25, -0.2) is 0 Å². The van der Waals surface area contributed by atoms with Crippen LogP contribution in [0.1, 0.15) is 30.1 Å². The molecule has 10 heteroatoms. The normalized spacial score (nSPS) is 13.1. The Labute approximate surface area is 205 Å². The van der Waals surface area contributed by atoms with Gasteiger partial charge in [0.05, 0.1) is 20.6 Å². The molecule has 2 aromatic heterocycles. The second-order valence-corrected chi connectivity index (χ2v) is 8.77. The zero-order valence-corrected chi connectivity index (χ0v) is 20.0. The minimum absolute atomic E-state index is 0.121. The van der Waals surface area contributed by atoms with Gasteiger partial charge in [0.2, 0.25) is 11.8 Å². The molecule has 0 radical (unpaired) electrons. The third-order valence-corrected chi connectivity index (χ3v) is 6.13. The van der Waals surface area contributed by atoms with Crippen LogP contribution in [0.3, 0.4) is 0 Å². The predicted molar refractivity (Wildman–Crippen MR) is 129 cm³/mol. The maximum atomic E-state index is 13.1. The molecule has 0 bridgehead atoms. The molecular formula is C25H23ClN4O5. The first-order valence-electron chi connectivity index (χ1n) is 11.1. The lowest BCUT2D eigenvalue weighted by Crippen LogP contribution is -2.21. The molecule has 1 saturated carbocycles. The largest absolute Gasteiger partial charge is 0.494 e. The molecule has 2 aromatic carbocycles. The fraction of sp³-hybridized carbons (Fsp3) is 0.280. The van der Waals surface area contributed by atoms with Crippen molar-refractivity contribution in [2.75, 3.05) is 14.2 Å². The van der Waals surface area contributed by atoms with Gasteiger partial charge in [0.25, 0.3) is 11.4 Å². The van der Waals surface area contributed by atoms with Crippen LogP contribution in [0.15, 0.2) is 51.7 Å². The molecule has 1 aliphatic rings. The van der Waals surface area contributed by atoms with Gasteiger partial charge in [-0.05, 0) is 48.6 Å². The number of benzene rings is 2. The lowest BCUT2D eigenvalue weighted by molar-refractivity contribution is 0.379. The van der Waals surface area contributed by atoms with Crippen LogP contribution in [-0.4, -0.2) is 39.1 Å². The zero-order valence-electron chi connectivity index (χ0n) is 19.2. The van der Waals surface area contributed by atoms with E-state index in [-0.39, 0.29) is 23.2 Å². The zero-order chi connectivity index (χ0) is 24.5. The summed E-state index contributed by atoms with van der Waals surface area (Å²) in [5.74, 6) is 1.49. The summed E-state index contributed by atoms with van der Waals surface area (Å²) in [5, 5.41) is 20.1. The number of ether oxygens (including phenoxy) is 2. The van der Waals surface area contributed by atoms with Crippen molar-refractivity contribution in [3.8, 4) is 34.5 Å². The van der Waals surface area contributed by atoms with Gasteiger partial charge in [-0.2, -0.15) is 4.98 Å². The summed E-state index contributed by atoms with van der Waals surface area (Å²) in [6.45, 7) is 0. The molecular weight excluding hydrogens is 472 g/mol. The summed E-state index contributed by atoms with van der Waals surface area (Å²) in [6, 6.07) is 12.5. The van der Waals surface area contributed by atoms with Crippen LogP contribution < -0.4 is 15.0 Å². The van der Waals surface area contributed by atoms with E-state index in [0.29, 0.717) is 46.8 Å². The molecule has 1 fully saturated rings. The number of para-hydroxylation sites is 1. The molecule has 5 rings (SSSR count). The number of aromatic nitrogens is 4. The van der Waals surface area contributed by atoms with Gasteiger partial charge < -0.3 is 19.0 Å². The van der Waals surface area contributed by atoms with Gasteiger partial charge in [-0.1, -0.05) is 29.8 Å². The van der Waals surface area contributed by atoms with Crippen molar-refractivity contribution >= 4 is 11.6 Å². The van der Waals surface area contributed by atoms with Gasteiger partial charge >= 0.3 is 0 Å². The Kier molecular flexibility index (Phi) is 6.17. The molecule has 0 aliphatic heterocycles. The fourth-order valence-electron chi connectivity index (χ4n) is 3.95. The molecule has 0 unspecified atom stereocenters. The molecule has 0 amide bonds. The minimum Gasteiger partial charge on any atom is -0.494 e. The SMILES string of the molecule is COc1cccc(OC)c1-n1c(CC2CC2)nc(=O)c(-c2nnc(Cc3ccc(Cl)cc3)o2)c1O. The van der Waals surface area contributed by atoms with Gasteiger partial charge in [0.1, 0.15) is 23.0 Å². The monoisotopic (exact) mass is 494 g/mol. The van der Waals surface area contributed by atoms with Crippen LogP contribution in [0.2, 0.25) is 5.02 Å². The summed E-state index contributed by atoms with van der Waals surface area (Å²) in [4.78, 5) is 17.4. The lowest BCUT2D eigenvalue weighted by Gasteiger charge is -2.20.